The topological polar surface area (TPSA) is 153 Å². The van der Waals surface area contributed by atoms with Gasteiger partial charge in [-0.05, 0) is 69.7 Å². The van der Waals surface area contributed by atoms with Crippen LogP contribution in [0.2, 0.25) is 5.02 Å². The van der Waals surface area contributed by atoms with E-state index in [4.69, 9.17) is 27.6 Å². The Balaban J connectivity index is 0.946. The molecular formula is C42H42ClF2N9O5S. The van der Waals surface area contributed by atoms with E-state index < -0.39 is 103 Å². The second-order valence-electron chi connectivity index (χ2n) is 15.2. The highest BCUT2D eigenvalue weighted by Crippen LogP contribution is 2.40. The quantitative estimate of drug-likeness (QED) is 0.255. The molecule has 4 aromatic rings. The normalized spacial score (nSPS) is 26.5. The fourth-order valence-electron chi connectivity index (χ4n) is 8.25. The maximum Gasteiger partial charge on any atom is 0.265 e. The van der Waals surface area contributed by atoms with Gasteiger partial charge in [0.15, 0.2) is 17.5 Å². The minimum absolute atomic E-state index is 0.102. The number of carbonyl (C=O) groups excluding carboxylic acids is 5. The van der Waals surface area contributed by atoms with Crippen molar-refractivity contribution in [2.75, 3.05) is 50.5 Å². The van der Waals surface area contributed by atoms with Crippen LogP contribution in [0.5, 0.6) is 0 Å². The number of piperazine rings is 1. The van der Waals surface area contributed by atoms with Gasteiger partial charge in [-0.2, -0.15) is 0 Å². The van der Waals surface area contributed by atoms with E-state index in [2.05, 4.69) is 10.2 Å². The van der Waals surface area contributed by atoms with Gasteiger partial charge in [0, 0.05) is 78.6 Å². The second kappa shape index (κ2) is 15.6. The molecule has 3 saturated heterocycles. The molecule has 14 nitrogen and oxygen atoms in total. The second-order valence-corrected chi connectivity index (χ2v) is 16.9. The first-order valence-corrected chi connectivity index (χ1v) is 20.5. The third-order valence-electron chi connectivity index (χ3n) is 11.6. The van der Waals surface area contributed by atoms with E-state index in [1.165, 1.54) is 0 Å². The first kappa shape index (κ1) is 31.5. The van der Waals surface area contributed by atoms with Crippen molar-refractivity contribution in [3.05, 3.63) is 91.3 Å². The van der Waals surface area contributed by atoms with Gasteiger partial charge in [-0.3, -0.25) is 48.6 Å². The van der Waals surface area contributed by atoms with E-state index >= 15 is 8.78 Å². The van der Waals surface area contributed by atoms with Crippen LogP contribution in [0.25, 0.3) is 5.00 Å². The molecule has 3 fully saturated rings. The van der Waals surface area contributed by atoms with Crippen molar-refractivity contribution in [2.45, 2.75) is 65.0 Å². The van der Waals surface area contributed by atoms with Gasteiger partial charge in [-0.25, -0.2) is 8.78 Å². The number of carbonyl (C=O) groups is 5. The van der Waals surface area contributed by atoms with Gasteiger partial charge in [-0.15, -0.1) is 21.5 Å². The zero-order valence-corrected chi connectivity index (χ0v) is 34.0. The minimum Gasteiger partial charge on any atom is -0.366 e. The Kier molecular flexibility index (Phi) is 8.17. The number of benzene rings is 2. The van der Waals surface area contributed by atoms with Gasteiger partial charge in [0.2, 0.25) is 17.7 Å². The predicted octanol–water partition coefficient (Wildman–Crippen LogP) is 4.93. The molecule has 1 unspecified atom stereocenters. The van der Waals surface area contributed by atoms with Crippen molar-refractivity contribution in [3.63, 3.8) is 0 Å². The highest BCUT2D eigenvalue weighted by atomic mass is 35.5. The third-order valence-corrected chi connectivity index (χ3v) is 13.0. The van der Waals surface area contributed by atoms with Crippen molar-refractivity contribution in [3.8, 4) is 5.00 Å². The number of aryl methyl sites for hydroxylation is 2. The van der Waals surface area contributed by atoms with Crippen LogP contribution < -0.4 is 10.2 Å². The Morgan fingerprint density at radius 3 is 2.37 bits per heavy atom. The SMILES string of the molecule is [2H]C1([2H])N(CC2CCN(C(=O)C[C@@H]3N=C(c4ccc(Cl)cc4)c4c(sc(C)c4C)-n4c(C)nnc43)CC2)C([2H])([2H])C([2H])([2H])N(c2cc3c(c(F)c2F)C(=O)N(C2CCC(=O)NC2=O)C3=O)C1([2H])[2H]. The third kappa shape index (κ3) is 6.89. The Hall–Kier alpha value is -5.39. The number of amides is 5. The molecule has 5 aliphatic rings. The highest BCUT2D eigenvalue weighted by molar-refractivity contribution is 7.15. The number of halogens is 3. The van der Waals surface area contributed by atoms with Crippen molar-refractivity contribution in [2.24, 2.45) is 10.9 Å². The largest absolute Gasteiger partial charge is 0.366 e. The Morgan fingerprint density at radius 1 is 0.950 bits per heavy atom. The summed E-state index contributed by atoms with van der Waals surface area (Å²) in [6.45, 7) is -8.84. The van der Waals surface area contributed by atoms with Gasteiger partial charge < -0.3 is 9.80 Å². The van der Waals surface area contributed by atoms with Crippen LogP contribution in [0.3, 0.4) is 0 Å². The van der Waals surface area contributed by atoms with Crippen LogP contribution in [0.15, 0.2) is 35.3 Å². The highest BCUT2D eigenvalue weighted by Gasteiger charge is 2.47. The van der Waals surface area contributed by atoms with Gasteiger partial charge in [0.25, 0.3) is 11.8 Å². The summed E-state index contributed by atoms with van der Waals surface area (Å²) in [7, 11) is 0. The molecule has 9 rings (SSSR count). The zero-order chi connectivity index (χ0) is 49.3. The number of piperidine rings is 2. The van der Waals surface area contributed by atoms with E-state index in [-0.39, 0.29) is 56.0 Å². The number of hydrogen-bond acceptors (Lipinski definition) is 11. The van der Waals surface area contributed by atoms with Crippen LogP contribution in [0.1, 0.15) is 103 Å². The molecule has 0 bridgehead atoms. The summed E-state index contributed by atoms with van der Waals surface area (Å²) in [5.41, 5.74) is -0.102. The lowest BCUT2D eigenvalue weighted by Crippen LogP contribution is -2.54. The zero-order valence-electron chi connectivity index (χ0n) is 40.4. The number of rotatable bonds is 7. The van der Waals surface area contributed by atoms with Crippen molar-refractivity contribution in [1.82, 2.24) is 34.8 Å². The lowest BCUT2D eigenvalue weighted by atomic mass is 9.95. The van der Waals surface area contributed by atoms with Gasteiger partial charge >= 0.3 is 0 Å². The summed E-state index contributed by atoms with van der Waals surface area (Å²) < 4.78 is 106. The predicted molar refractivity (Wildman–Crippen MR) is 219 cm³/mol. The first-order valence-electron chi connectivity index (χ1n) is 23.3. The molecule has 18 heteroatoms. The number of imide groups is 2. The minimum atomic E-state index is -3.70. The fraction of sp³-hybridized carbons (Fsp3) is 0.429. The number of fused-ring (bicyclic) bond motifs is 4. The summed E-state index contributed by atoms with van der Waals surface area (Å²) in [4.78, 5) is 73.7. The standard InChI is InChI=1S/C42H42ClF2N9O5S/c1-21-22(2)60-42-33(21)37(25-4-6-26(43)7-5-25)46-28(38-49-48-23(3)53(38)42)19-32(56)52-12-10-24(11-13-52)20-50-14-16-51(17-15-50)30-18-27-34(36(45)35(30)44)41(59)54(40(27)58)29-8-9-31(55)47-39(29)57/h4-7,18,24,28-29H,8-17,19-20H2,1-3H3,(H,47,55,57)/t28-,29?/m0/s1/i14D2,15D2,16D2,17D2. The number of thiophene rings is 1. The summed E-state index contributed by atoms with van der Waals surface area (Å²) in [6.07, 6.45) is -0.385. The Bertz CT molecular complexity index is 2860. The van der Waals surface area contributed by atoms with E-state index in [0.717, 1.165) is 26.6 Å². The molecule has 312 valence electrons. The van der Waals surface area contributed by atoms with Gasteiger partial charge in [0.1, 0.15) is 22.9 Å². The molecule has 60 heavy (non-hydrogen) atoms. The maximum atomic E-state index is 16.2. The number of aromatic nitrogens is 3. The monoisotopic (exact) mass is 865 g/mol. The van der Waals surface area contributed by atoms with Crippen molar-refractivity contribution < 1.29 is 43.7 Å². The maximum absolute atomic E-state index is 16.2. The lowest BCUT2D eigenvalue weighted by Gasteiger charge is -2.39. The molecule has 0 saturated carbocycles. The van der Waals surface area contributed by atoms with Crippen LogP contribution in [0.4, 0.5) is 14.5 Å². The van der Waals surface area contributed by atoms with E-state index in [1.807, 2.05) is 42.8 Å². The van der Waals surface area contributed by atoms with Crippen LogP contribution in [-0.4, -0.2) is 116 Å². The fourth-order valence-corrected chi connectivity index (χ4v) is 9.59. The molecule has 0 spiro atoms. The molecule has 5 aliphatic heterocycles. The Morgan fingerprint density at radius 2 is 1.67 bits per heavy atom. The molecule has 2 aromatic carbocycles. The molecule has 2 aromatic heterocycles. The van der Waals surface area contributed by atoms with E-state index in [1.54, 1.807) is 28.4 Å². The van der Waals surface area contributed by atoms with Crippen LogP contribution in [0, 0.1) is 38.3 Å². The lowest BCUT2D eigenvalue weighted by molar-refractivity contribution is -0.136. The Labute approximate surface area is 364 Å². The summed E-state index contributed by atoms with van der Waals surface area (Å²) in [5.74, 6) is -8.47. The molecule has 5 amide bonds. The molecule has 7 heterocycles. The average molecular weight is 866 g/mol. The molecule has 1 N–H and O–H groups in total. The van der Waals surface area contributed by atoms with Gasteiger partial charge in [0.05, 0.1) is 34.4 Å². The first-order chi connectivity index (χ1) is 31.8. The number of anilines is 1. The number of hydrogen-bond donors (Lipinski definition) is 1. The summed E-state index contributed by atoms with van der Waals surface area (Å²) in [6, 6.07) is 5.32. The van der Waals surface area contributed by atoms with E-state index in [0.29, 0.717) is 38.2 Å². The van der Waals surface area contributed by atoms with Crippen molar-refractivity contribution >= 4 is 63.9 Å². The molecule has 0 aliphatic carbocycles. The smallest absolute Gasteiger partial charge is 0.265 e. The number of aliphatic imine (C=N–C) groups is 1. The summed E-state index contributed by atoms with van der Waals surface area (Å²) in [5, 5.41) is 12.2. The summed E-state index contributed by atoms with van der Waals surface area (Å²) >= 11 is 7.81. The van der Waals surface area contributed by atoms with Crippen LogP contribution >= 0.6 is 22.9 Å². The van der Waals surface area contributed by atoms with Crippen LogP contribution in [-0.2, 0) is 14.4 Å². The number of nitrogens with one attached hydrogen (secondary N) is 1. The molecule has 2 atom stereocenters. The number of nitrogens with zero attached hydrogens (tertiary/aromatic N) is 8. The van der Waals surface area contributed by atoms with Gasteiger partial charge in [-0.1, -0.05) is 23.7 Å². The number of likely N-dealkylation sites (tertiary alicyclic amines) is 1. The molecule has 0 radical (unpaired) electrons. The average Bonchev–Trinajstić information content (AvgIpc) is 3.84. The van der Waals surface area contributed by atoms with E-state index in [9.17, 15) is 24.0 Å². The molecular weight excluding hydrogens is 816 g/mol. The van der Waals surface area contributed by atoms with Crippen molar-refractivity contribution in [1.29, 1.82) is 0 Å².